The average molecular weight is 286 g/mol. The highest BCUT2D eigenvalue weighted by Crippen LogP contribution is 2.12. The first-order valence-electron chi connectivity index (χ1n) is 4.96. The maximum Gasteiger partial charge on any atom is 0.156 e. The highest BCUT2D eigenvalue weighted by molar-refractivity contribution is 9.10. The first-order valence-corrected chi connectivity index (χ1v) is 5.76. The number of oxime groups is 1. The third-order valence-corrected chi connectivity index (χ3v) is 3.08. The molecule has 0 spiro atoms. The SMILES string of the molecule is CC(C(N)=NO)N(C)Cc1ccc(Br)cc1. The van der Waals surface area contributed by atoms with Crippen LogP contribution in [-0.4, -0.2) is 29.0 Å². The molecule has 0 amide bonds. The van der Waals surface area contributed by atoms with Crippen molar-refractivity contribution >= 4 is 21.8 Å². The standard InChI is InChI=1S/C11H16BrN3O/c1-8(11(13)14-16)15(2)7-9-3-5-10(12)6-4-9/h3-6,8,16H,7H2,1-2H3,(H2,13,14). The molecule has 0 saturated heterocycles. The fourth-order valence-corrected chi connectivity index (χ4v) is 1.59. The van der Waals surface area contributed by atoms with Crippen LogP contribution in [0.25, 0.3) is 0 Å². The monoisotopic (exact) mass is 285 g/mol. The van der Waals surface area contributed by atoms with Crippen molar-refractivity contribution in [1.29, 1.82) is 0 Å². The summed E-state index contributed by atoms with van der Waals surface area (Å²) in [6.07, 6.45) is 0. The van der Waals surface area contributed by atoms with E-state index in [1.165, 1.54) is 5.56 Å². The van der Waals surface area contributed by atoms with Crippen molar-refractivity contribution in [3.8, 4) is 0 Å². The number of nitrogens with zero attached hydrogens (tertiary/aromatic N) is 2. The zero-order chi connectivity index (χ0) is 12.1. The second kappa shape index (κ2) is 5.86. The lowest BCUT2D eigenvalue weighted by molar-refractivity contribution is 0.279. The molecule has 0 heterocycles. The van der Waals surface area contributed by atoms with Crippen LogP contribution in [0.3, 0.4) is 0 Å². The van der Waals surface area contributed by atoms with Crippen LogP contribution in [-0.2, 0) is 6.54 Å². The highest BCUT2D eigenvalue weighted by Gasteiger charge is 2.13. The van der Waals surface area contributed by atoms with Gasteiger partial charge in [-0.25, -0.2) is 0 Å². The average Bonchev–Trinajstić information content (AvgIpc) is 2.30. The van der Waals surface area contributed by atoms with Gasteiger partial charge in [-0.15, -0.1) is 0 Å². The van der Waals surface area contributed by atoms with E-state index in [0.717, 1.165) is 11.0 Å². The molecule has 1 aromatic carbocycles. The van der Waals surface area contributed by atoms with Gasteiger partial charge in [0.1, 0.15) is 0 Å². The molecule has 88 valence electrons. The second-order valence-electron chi connectivity index (χ2n) is 3.74. The van der Waals surface area contributed by atoms with E-state index in [0.29, 0.717) is 0 Å². The molecule has 1 rings (SSSR count). The Labute approximate surface area is 104 Å². The minimum atomic E-state index is -0.0892. The fraction of sp³-hybridized carbons (Fsp3) is 0.364. The Morgan fingerprint density at radius 2 is 2.06 bits per heavy atom. The summed E-state index contributed by atoms with van der Waals surface area (Å²) in [7, 11) is 1.94. The second-order valence-corrected chi connectivity index (χ2v) is 4.66. The van der Waals surface area contributed by atoms with Crippen LogP contribution in [0.4, 0.5) is 0 Å². The molecule has 0 radical (unpaired) electrons. The zero-order valence-electron chi connectivity index (χ0n) is 9.39. The lowest BCUT2D eigenvalue weighted by Gasteiger charge is -2.23. The van der Waals surface area contributed by atoms with Gasteiger partial charge in [0.15, 0.2) is 5.84 Å². The van der Waals surface area contributed by atoms with Gasteiger partial charge in [-0.2, -0.15) is 0 Å². The summed E-state index contributed by atoms with van der Waals surface area (Å²) in [6, 6.07) is 7.99. The molecule has 16 heavy (non-hydrogen) atoms. The molecule has 0 aromatic heterocycles. The third kappa shape index (κ3) is 3.50. The first-order chi connectivity index (χ1) is 7.54. The van der Waals surface area contributed by atoms with Gasteiger partial charge in [0.05, 0.1) is 6.04 Å². The van der Waals surface area contributed by atoms with Gasteiger partial charge < -0.3 is 10.9 Å². The van der Waals surface area contributed by atoms with Crippen molar-refractivity contribution in [2.75, 3.05) is 7.05 Å². The van der Waals surface area contributed by atoms with Crippen LogP contribution in [0.5, 0.6) is 0 Å². The topological polar surface area (TPSA) is 61.9 Å². The molecule has 1 aromatic rings. The van der Waals surface area contributed by atoms with Gasteiger partial charge in [0.25, 0.3) is 0 Å². The Morgan fingerprint density at radius 1 is 1.50 bits per heavy atom. The van der Waals surface area contributed by atoms with Crippen LogP contribution in [0.15, 0.2) is 33.9 Å². The van der Waals surface area contributed by atoms with E-state index in [-0.39, 0.29) is 11.9 Å². The van der Waals surface area contributed by atoms with Gasteiger partial charge in [-0.3, -0.25) is 4.90 Å². The molecule has 0 aliphatic carbocycles. The van der Waals surface area contributed by atoms with E-state index in [1.807, 2.05) is 43.1 Å². The maximum atomic E-state index is 8.59. The predicted molar refractivity (Wildman–Crippen MR) is 68.5 cm³/mol. The Morgan fingerprint density at radius 3 is 2.56 bits per heavy atom. The lowest BCUT2D eigenvalue weighted by Crippen LogP contribution is -2.40. The molecule has 0 aliphatic rings. The van der Waals surface area contributed by atoms with Crippen LogP contribution in [0, 0.1) is 0 Å². The van der Waals surface area contributed by atoms with E-state index in [1.54, 1.807) is 0 Å². The quantitative estimate of drug-likeness (QED) is 0.385. The molecular formula is C11H16BrN3O. The number of benzene rings is 1. The van der Waals surface area contributed by atoms with Crippen molar-refractivity contribution in [1.82, 2.24) is 4.90 Å². The van der Waals surface area contributed by atoms with E-state index in [2.05, 4.69) is 21.1 Å². The van der Waals surface area contributed by atoms with Gasteiger partial charge in [-0.05, 0) is 31.7 Å². The van der Waals surface area contributed by atoms with E-state index >= 15 is 0 Å². The molecule has 0 saturated carbocycles. The highest BCUT2D eigenvalue weighted by atomic mass is 79.9. The molecule has 1 atom stereocenters. The number of nitrogens with two attached hydrogens (primary N) is 1. The van der Waals surface area contributed by atoms with Gasteiger partial charge in [-0.1, -0.05) is 33.2 Å². The summed E-state index contributed by atoms with van der Waals surface area (Å²) in [5.74, 6) is 0.222. The van der Waals surface area contributed by atoms with E-state index in [4.69, 9.17) is 10.9 Å². The van der Waals surface area contributed by atoms with Crippen LogP contribution in [0.2, 0.25) is 0 Å². The molecule has 0 aliphatic heterocycles. The van der Waals surface area contributed by atoms with Gasteiger partial charge in [0.2, 0.25) is 0 Å². The van der Waals surface area contributed by atoms with Crippen LogP contribution < -0.4 is 5.73 Å². The lowest BCUT2D eigenvalue weighted by atomic mass is 10.2. The van der Waals surface area contributed by atoms with E-state index in [9.17, 15) is 0 Å². The van der Waals surface area contributed by atoms with Crippen molar-refractivity contribution in [2.45, 2.75) is 19.5 Å². The number of likely N-dealkylation sites (N-methyl/N-ethyl adjacent to an activating group) is 1. The Bertz CT molecular complexity index is 364. The normalized spacial score (nSPS) is 14.1. The minimum absolute atomic E-state index is 0.0892. The van der Waals surface area contributed by atoms with Crippen molar-refractivity contribution in [3.63, 3.8) is 0 Å². The largest absolute Gasteiger partial charge is 0.409 e. The summed E-state index contributed by atoms with van der Waals surface area (Å²) < 4.78 is 1.06. The number of hydrogen-bond donors (Lipinski definition) is 2. The number of halogens is 1. The Balaban J connectivity index is 2.64. The molecule has 5 heteroatoms. The summed E-state index contributed by atoms with van der Waals surface area (Å²) in [4.78, 5) is 2.01. The Hall–Kier alpha value is -1.07. The first kappa shape index (κ1) is 13.0. The minimum Gasteiger partial charge on any atom is -0.409 e. The predicted octanol–water partition coefficient (Wildman–Crippen LogP) is 2.02. The van der Waals surface area contributed by atoms with Gasteiger partial charge >= 0.3 is 0 Å². The summed E-state index contributed by atoms with van der Waals surface area (Å²) in [5, 5.41) is 11.6. The summed E-state index contributed by atoms with van der Waals surface area (Å²) >= 11 is 3.39. The molecule has 4 nitrogen and oxygen atoms in total. The number of rotatable bonds is 4. The van der Waals surface area contributed by atoms with Crippen LogP contribution in [0.1, 0.15) is 12.5 Å². The fourth-order valence-electron chi connectivity index (χ4n) is 1.32. The maximum absolute atomic E-state index is 8.59. The summed E-state index contributed by atoms with van der Waals surface area (Å²) in [6.45, 7) is 2.65. The number of amidine groups is 1. The summed E-state index contributed by atoms with van der Waals surface area (Å²) in [5.41, 5.74) is 6.73. The zero-order valence-corrected chi connectivity index (χ0v) is 11.0. The number of hydrogen-bond acceptors (Lipinski definition) is 3. The third-order valence-electron chi connectivity index (χ3n) is 2.55. The van der Waals surface area contributed by atoms with Crippen molar-refractivity contribution in [2.24, 2.45) is 10.9 Å². The molecule has 0 fully saturated rings. The van der Waals surface area contributed by atoms with E-state index < -0.39 is 0 Å². The molecule has 1 unspecified atom stereocenters. The van der Waals surface area contributed by atoms with Gasteiger partial charge in [0, 0.05) is 11.0 Å². The van der Waals surface area contributed by atoms with Crippen molar-refractivity contribution < 1.29 is 5.21 Å². The molecule has 3 N–H and O–H groups in total. The molecular weight excluding hydrogens is 270 g/mol. The Kier molecular flexibility index (Phi) is 4.76. The van der Waals surface area contributed by atoms with Crippen LogP contribution >= 0.6 is 15.9 Å². The molecule has 0 bridgehead atoms. The van der Waals surface area contributed by atoms with Crippen molar-refractivity contribution in [3.05, 3.63) is 34.3 Å². The smallest absolute Gasteiger partial charge is 0.156 e.